The lowest BCUT2D eigenvalue weighted by Crippen LogP contribution is -2.50. The number of hydrogen-bond donors (Lipinski definition) is 2. The predicted molar refractivity (Wildman–Crippen MR) is 99.3 cm³/mol. The van der Waals surface area contributed by atoms with Crippen molar-refractivity contribution in [2.24, 2.45) is 0 Å². The third-order valence-electron chi connectivity index (χ3n) is 5.00. The molecule has 1 aliphatic heterocycles. The molecule has 1 amide bonds. The molecule has 2 aromatic rings. The van der Waals surface area contributed by atoms with Gasteiger partial charge in [-0.3, -0.25) is 14.7 Å². The number of hydrogen-bond acceptors (Lipinski definition) is 4. The topological polar surface area (TPSA) is 65.5 Å². The highest BCUT2D eigenvalue weighted by atomic mass is 16.3. The van der Waals surface area contributed by atoms with E-state index >= 15 is 0 Å². The first-order chi connectivity index (χ1) is 12.1. The number of pyridine rings is 1. The quantitative estimate of drug-likeness (QED) is 0.845. The molecule has 2 N–H and O–H groups in total. The molecule has 0 saturated carbocycles. The van der Waals surface area contributed by atoms with Crippen LogP contribution < -0.4 is 5.32 Å². The van der Waals surface area contributed by atoms with Crippen molar-refractivity contribution in [2.75, 3.05) is 19.6 Å². The number of amides is 1. The molecule has 5 nitrogen and oxygen atoms in total. The van der Waals surface area contributed by atoms with Gasteiger partial charge in [0.2, 0.25) is 5.91 Å². The minimum atomic E-state index is -0.394. The molecule has 2 heterocycles. The molecule has 5 heteroatoms. The van der Waals surface area contributed by atoms with Crippen molar-refractivity contribution < 1.29 is 9.90 Å². The molecule has 0 spiro atoms. The zero-order valence-electron chi connectivity index (χ0n) is 14.8. The van der Waals surface area contributed by atoms with Gasteiger partial charge in [0.1, 0.15) is 0 Å². The van der Waals surface area contributed by atoms with Crippen molar-refractivity contribution in [3.8, 4) is 0 Å². The molecule has 0 aliphatic carbocycles. The Morgan fingerprint density at radius 1 is 1.36 bits per heavy atom. The molecule has 2 atom stereocenters. The summed E-state index contributed by atoms with van der Waals surface area (Å²) in [6.45, 7) is 3.66. The van der Waals surface area contributed by atoms with Crippen LogP contribution in [0, 0.1) is 0 Å². The number of aromatic nitrogens is 1. The minimum absolute atomic E-state index is 0.0285. The second kappa shape index (κ2) is 8.41. The summed E-state index contributed by atoms with van der Waals surface area (Å²) < 4.78 is 0. The molecule has 0 bridgehead atoms. The van der Waals surface area contributed by atoms with Crippen LogP contribution in [0.2, 0.25) is 0 Å². The summed E-state index contributed by atoms with van der Waals surface area (Å²) in [6.07, 6.45) is 5.36. The normalized spacial score (nSPS) is 19.7. The average molecular weight is 341 g/mol. The molecule has 1 saturated heterocycles. The van der Waals surface area contributed by atoms with Crippen LogP contribution in [0.4, 0.5) is 0 Å². The van der Waals surface area contributed by atoms with Crippen molar-refractivity contribution in [3.63, 3.8) is 0 Å². The van der Waals surface area contributed by atoms with Gasteiger partial charge in [0.25, 0.3) is 0 Å². The standard InChI is InChI=1S/C20H27N3O2/c1-15(24)18-9-2-3-13-23(18)14-19(25)21-12-10-17-7-4-6-16-8-5-11-22-20(16)17/h4-8,11,15,18,24H,2-3,9-10,12-14H2,1H3,(H,21,25). The first-order valence-electron chi connectivity index (χ1n) is 9.16. The smallest absolute Gasteiger partial charge is 0.234 e. The number of piperidine rings is 1. The third-order valence-corrected chi connectivity index (χ3v) is 5.00. The monoisotopic (exact) mass is 341 g/mol. The van der Waals surface area contributed by atoms with E-state index in [4.69, 9.17) is 0 Å². The van der Waals surface area contributed by atoms with E-state index in [1.165, 1.54) is 0 Å². The number of aliphatic hydroxyl groups is 1. The third kappa shape index (κ3) is 4.55. The zero-order chi connectivity index (χ0) is 17.6. The Kier molecular flexibility index (Phi) is 6.00. The number of aliphatic hydroxyl groups excluding tert-OH is 1. The molecular formula is C20H27N3O2. The second-order valence-electron chi connectivity index (χ2n) is 6.87. The Morgan fingerprint density at radius 3 is 3.04 bits per heavy atom. The van der Waals surface area contributed by atoms with Crippen molar-refractivity contribution in [1.29, 1.82) is 0 Å². The number of likely N-dealkylation sites (tertiary alicyclic amines) is 1. The molecule has 1 fully saturated rings. The molecule has 1 aromatic carbocycles. The number of carbonyl (C=O) groups excluding carboxylic acids is 1. The lowest BCUT2D eigenvalue weighted by atomic mass is 9.98. The lowest BCUT2D eigenvalue weighted by molar-refractivity contribution is -0.123. The number of benzene rings is 1. The zero-order valence-corrected chi connectivity index (χ0v) is 14.8. The summed E-state index contributed by atoms with van der Waals surface area (Å²) in [5, 5.41) is 14.0. The molecule has 25 heavy (non-hydrogen) atoms. The highest BCUT2D eigenvalue weighted by Gasteiger charge is 2.27. The Labute approximate surface area is 149 Å². The van der Waals surface area contributed by atoms with Gasteiger partial charge in [-0.1, -0.05) is 30.7 Å². The van der Waals surface area contributed by atoms with Gasteiger partial charge in [0, 0.05) is 24.2 Å². The van der Waals surface area contributed by atoms with E-state index in [0.717, 1.165) is 48.7 Å². The van der Waals surface area contributed by atoms with Crippen LogP contribution in [0.3, 0.4) is 0 Å². The average Bonchev–Trinajstić information content (AvgIpc) is 2.62. The van der Waals surface area contributed by atoms with Crippen molar-refractivity contribution >= 4 is 16.8 Å². The van der Waals surface area contributed by atoms with E-state index in [-0.39, 0.29) is 11.9 Å². The van der Waals surface area contributed by atoms with Crippen LogP contribution in [-0.2, 0) is 11.2 Å². The number of para-hydroxylation sites is 1. The summed E-state index contributed by atoms with van der Waals surface area (Å²) in [4.78, 5) is 18.9. The molecule has 134 valence electrons. The Balaban J connectivity index is 1.52. The van der Waals surface area contributed by atoms with Crippen molar-refractivity contribution in [1.82, 2.24) is 15.2 Å². The van der Waals surface area contributed by atoms with Crippen molar-refractivity contribution in [3.05, 3.63) is 42.1 Å². The van der Waals surface area contributed by atoms with Gasteiger partial charge in [-0.25, -0.2) is 0 Å². The molecule has 1 aromatic heterocycles. The maximum absolute atomic E-state index is 12.3. The van der Waals surface area contributed by atoms with Gasteiger partial charge in [0.05, 0.1) is 18.2 Å². The molecule has 1 aliphatic rings. The van der Waals surface area contributed by atoms with E-state index in [1.54, 1.807) is 6.20 Å². The Morgan fingerprint density at radius 2 is 2.20 bits per heavy atom. The van der Waals surface area contributed by atoms with Gasteiger partial charge in [-0.2, -0.15) is 0 Å². The fourth-order valence-corrected chi connectivity index (χ4v) is 3.71. The van der Waals surface area contributed by atoms with Gasteiger partial charge < -0.3 is 10.4 Å². The van der Waals surface area contributed by atoms with Gasteiger partial charge in [-0.15, -0.1) is 0 Å². The Hall–Kier alpha value is -1.98. The summed E-state index contributed by atoms with van der Waals surface area (Å²) in [5.74, 6) is 0.0285. The summed E-state index contributed by atoms with van der Waals surface area (Å²) in [7, 11) is 0. The number of nitrogens with one attached hydrogen (secondary N) is 1. The highest BCUT2D eigenvalue weighted by molar-refractivity contribution is 5.82. The number of carbonyl (C=O) groups is 1. The molecular weight excluding hydrogens is 314 g/mol. The van der Waals surface area contributed by atoms with E-state index in [9.17, 15) is 9.90 Å². The van der Waals surface area contributed by atoms with Crippen LogP contribution in [0.1, 0.15) is 31.7 Å². The first kappa shape index (κ1) is 17.8. The van der Waals surface area contributed by atoms with Crippen molar-refractivity contribution in [2.45, 2.75) is 44.8 Å². The maximum atomic E-state index is 12.3. The number of rotatable bonds is 6. The van der Waals surface area contributed by atoms with E-state index < -0.39 is 6.10 Å². The molecule has 0 radical (unpaired) electrons. The largest absolute Gasteiger partial charge is 0.392 e. The Bertz CT molecular complexity index is 712. The lowest BCUT2D eigenvalue weighted by Gasteiger charge is -2.36. The number of nitrogens with zero attached hydrogens (tertiary/aromatic N) is 2. The minimum Gasteiger partial charge on any atom is -0.392 e. The van der Waals surface area contributed by atoms with Crippen LogP contribution in [-0.4, -0.2) is 52.7 Å². The maximum Gasteiger partial charge on any atom is 0.234 e. The summed E-state index contributed by atoms with van der Waals surface area (Å²) >= 11 is 0. The fraction of sp³-hybridized carbons (Fsp3) is 0.500. The second-order valence-corrected chi connectivity index (χ2v) is 6.87. The molecule has 3 rings (SSSR count). The number of fused-ring (bicyclic) bond motifs is 1. The summed E-state index contributed by atoms with van der Waals surface area (Å²) in [5.41, 5.74) is 2.16. The van der Waals surface area contributed by atoms with Gasteiger partial charge >= 0.3 is 0 Å². The van der Waals surface area contributed by atoms with Crippen LogP contribution >= 0.6 is 0 Å². The predicted octanol–water partition coefficient (Wildman–Crippen LogP) is 2.13. The van der Waals surface area contributed by atoms with Crippen LogP contribution in [0.15, 0.2) is 36.5 Å². The highest BCUT2D eigenvalue weighted by Crippen LogP contribution is 2.19. The van der Waals surface area contributed by atoms with E-state index in [1.807, 2.05) is 19.1 Å². The fourth-order valence-electron chi connectivity index (χ4n) is 3.71. The van der Waals surface area contributed by atoms with E-state index in [2.05, 4.69) is 33.4 Å². The van der Waals surface area contributed by atoms with E-state index in [0.29, 0.717) is 13.1 Å². The molecule has 2 unspecified atom stereocenters. The van der Waals surface area contributed by atoms with Gasteiger partial charge in [0.15, 0.2) is 0 Å². The first-order valence-corrected chi connectivity index (χ1v) is 9.16. The summed E-state index contributed by atoms with van der Waals surface area (Å²) in [6, 6.07) is 10.2. The van der Waals surface area contributed by atoms with Crippen LogP contribution in [0.5, 0.6) is 0 Å². The van der Waals surface area contributed by atoms with Gasteiger partial charge in [-0.05, 0) is 44.4 Å². The SMILES string of the molecule is CC(O)C1CCCCN1CC(=O)NCCc1cccc2cccnc12. The van der Waals surface area contributed by atoms with Crippen LogP contribution in [0.25, 0.3) is 10.9 Å².